The summed E-state index contributed by atoms with van der Waals surface area (Å²) in [5, 5.41) is 19.4. The Morgan fingerprint density at radius 3 is 2.50 bits per heavy atom. The third-order valence-electron chi connectivity index (χ3n) is 6.21. The summed E-state index contributed by atoms with van der Waals surface area (Å²) in [4.78, 5) is 18.1. The van der Waals surface area contributed by atoms with Crippen molar-refractivity contribution in [2.24, 2.45) is 5.16 Å². The molecular formula is C30H31FN4O3. The number of hydrogen-bond donors (Lipinski definition) is 3. The summed E-state index contributed by atoms with van der Waals surface area (Å²) in [6.45, 7) is 3.77. The van der Waals surface area contributed by atoms with Crippen LogP contribution in [-0.4, -0.2) is 35.0 Å². The number of allylic oxidation sites excluding steroid dienone is 4. The van der Waals surface area contributed by atoms with Crippen molar-refractivity contribution >= 4 is 17.4 Å². The molecule has 1 atom stereocenters. The van der Waals surface area contributed by atoms with Gasteiger partial charge < -0.3 is 20.6 Å². The van der Waals surface area contributed by atoms with E-state index < -0.39 is 5.91 Å². The summed E-state index contributed by atoms with van der Waals surface area (Å²) in [6, 6.07) is 21.2. The largest absolute Gasteiger partial charge is 0.492 e. The number of aromatic nitrogens is 1. The number of nitrogens with one attached hydrogen (secondary N) is 2. The normalized spacial score (nSPS) is 16.6. The molecule has 4 rings (SSSR count). The monoisotopic (exact) mass is 514 g/mol. The van der Waals surface area contributed by atoms with E-state index in [1.807, 2.05) is 48.5 Å². The van der Waals surface area contributed by atoms with Gasteiger partial charge in [-0.3, -0.25) is 4.79 Å². The van der Waals surface area contributed by atoms with Crippen LogP contribution in [0.1, 0.15) is 53.4 Å². The Morgan fingerprint density at radius 1 is 1.11 bits per heavy atom. The third kappa shape index (κ3) is 6.85. The number of hydrogen-bond acceptors (Lipinski definition) is 6. The zero-order valence-corrected chi connectivity index (χ0v) is 21.4. The summed E-state index contributed by atoms with van der Waals surface area (Å²) in [5.74, 6) is 0.461. The molecule has 1 aliphatic rings. The number of fused-ring (bicyclic) bond motifs is 1. The molecule has 196 valence electrons. The molecule has 7 nitrogen and oxygen atoms in total. The fourth-order valence-corrected chi connectivity index (χ4v) is 4.35. The first-order valence-electron chi connectivity index (χ1n) is 12.5. The summed E-state index contributed by atoms with van der Waals surface area (Å²) >= 11 is 0. The van der Waals surface area contributed by atoms with Crippen LogP contribution < -0.4 is 15.4 Å². The van der Waals surface area contributed by atoms with E-state index >= 15 is 0 Å². The van der Waals surface area contributed by atoms with Crippen LogP contribution in [-0.2, 0) is 6.42 Å². The molecule has 1 amide bonds. The lowest BCUT2D eigenvalue weighted by molar-refractivity contribution is 0.0966. The topological polar surface area (TPSA) is 95.8 Å². The van der Waals surface area contributed by atoms with Crippen molar-refractivity contribution in [3.8, 4) is 5.75 Å². The van der Waals surface area contributed by atoms with Crippen molar-refractivity contribution in [1.82, 2.24) is 10.3 Å². The average Bonchev–Trinajstić information content (AvgIpc) is 2.94. The van der Waals surface area contributed by atoms with Gasteiger partial charge in [0.15, 0.2) is 0 Å². The van der Waals surface area contributed by atoms with E-state index in [1.54, 1.807) is 13.0 Å². The molecule has 38 heavy (non-hydrogen) atoms. The molecule has 0 bridgehead atoms. The number of carbonyl (C=O) groups is 1. The lowest BCUT2D eigenvalue weighted by Gasteiger charge is -2.26. The lowest BCUT2D eigenvalue weighted by atomic mass is 9.81. The van der Waals surface area contributed by atoms with Crippen LogP contribution in [0.2, 0.25) is 0 Å². The molecule has 0 spiro atoms. The molecule has 3 N–H and O–H groups in total. The van der Waals surface area contributed by atoms with Crippen LogP contribution in [0.5, 0.6) is 5.75 Å². The third-order valence-corrected chi connectivity index (χ3v) is 6.21. The summed E-state index contributed by atoms with van der Waals surface area (Å²) in [7, 11) is 0. The summed E-state index contributed by atoms with van der Waals surface area (Å²) < 4.78 is 18.9. The minimum absolute atomic E-state index is 0.0944. The molecule has 0 saturated carbocycles. The molecular weight excluding hydrogens is 483 g/mol. The average molecular weight is 515 g/mol. The molecule has 8 heteroatoms. The van der Waals surface area contributed by atoms with Crippen molar-refractivity contribution in [1.29, 1.82) is 0 Å². The Kier molecular flexibility index (Phi) is 8.87. The number of para-hydroxylation sites is 1. The highest BCUT2D eigenvalue weighted by Crippen LogP contribution is 2.34. The Bertz CT molecular complexity index is 1350. The highest BCUT2D eigenvalue weighted by molar-refractivity contribution is 6.07. The van der Waals surface area contributed by atoms with E-state index in [9.17, 15) is 14.4 Å². The molecule has 1 unspecified atom stereocenters. The summed E-state index contributed by atoms with van der Waals surface area (Å²) in [6.07, 6.45) is 3.92. The van der Waals surface area contributed by atoms with Crippen LogP contribution in [0.25, 0.3) is 0 Å². The van der Waals surface area contributed by atoms with Crippen LogP contribution in [0.4, 0.5) is 10.2 Å². The number of nitrogens with zero attached hydrogens (tertiary/aromatic N) is 2. The van der Waals surface area contributed by atoms with Gasteiger partial charge in [-0.25, -0.2) is 9.37 Å². The molecule has 0 aliphatic heterocycles. The maximum atomic E-state index is 13.3. The van der Waals surface area contributed by atoms with E-state index in [0.717, 1.165) is 17.0 Å². The first kappa shape index (κ1) is 26.6. The first-order chi connectivity index (χ1) is 18.4. The maximum absolute atomic E-state index is 13.3. The molecule has 0 fully saturated rings. The van der Waals surface area contributed by atoms with Crippen LogP contribution >= 0.6 is 0 Å². The molecule has 0 saturated heterocycles. The fraction of sp³-hybridized carbons (Fsp3) is 0.233. The van der Waals surface area contributed by atoms with Crippen LogP contribution in [0.3, 0.4) is 0 Å². The molecule has 1 aromatic heterocycles. The first-order valence-corrected chi connectivity index (χ1v) is 12.5. The Hall–Kier alpha value is -4.46. The van der Waals surface area contributed by atoms with Crippen molar-refractivity contribution in [2.75, 3.05) is 18.5 Å². The van der Waals surface area contributed by atoms with E-state index in [4.69, 9.17) is 9.72 Å². The smallest absolute Gasteiger partial charge is 0.259 e. The number of oxime groups is 1. The second kappa shape index (κ2) is 12.7. The Morgan fingerprint density at radius 2 is 1.82 bits per heavy atom. The Labute approximate surface area is 221 Å². The number of rotatable bonds is 9. The minimum atomic E-state index is -0.409. The number of ether oxygens (including phenoxy) is 1. The number of anilines is 1. The number of benzene rings is 2. The van der Waals surface area contributed by atoms with Gasteiger partial charge in [0.05, 0.1) is 29.3 Å². The molecule has 1 aliphatic carbocycles. The fourth-order valence-electron chi connectivity index (χ4n) is 4.35. The van der Waals surface area contributed by atoms with E-state index in [2.05, 4.69) is 27.9 Å². The van der Waals surface area contributed by atoms with Crippen molar-refractivity contribution < 1.29 is 19.1 Å². The van der Waals surface area contributed by atoms with E-state index in [1.165, 1.54) is 19.1 Å². The van der Waals surface area contributed by atoms with Gasteiger partial charge in [0.25, 0.3) is 5.91 Å². The van der Waals surface area contributed by atoms with Crippen LogP contribution in [0, 0.1) is 0 Å². The molecule has 1 heterocycles. The Balaban J connectivity index is 1.62. The lowest BCUT2D eigenvalue weighted by Crippen LogP contribution is -2.27. The maximum Gasteiger partial charge on any atom is 0.259 e. The number of halogens is 1. The minimum Gasteiger partial charge on any atom is -0.492 e. The quantitative estimate of drug-likeness (QED) is 0.141. The molecule has 0 radical (unpaired) electrons. The number of amides is 1. The SMILES string of the molecule is C/C(F)=C\C=C(/C)NC(=O)c1cc2c(nc1NCCOc1ccccc1)CC(c1ccccc1)C/C2=N\O. The predicted molar refractivity (Wildman–Crippen MR) is 147 cm³/mol. The van der Waals surface area contributed by atoms with E-state index in [-0.39, 0.29) is 17.3 Å². The van der Waals surface area contributed by atoms with Gasteiger partial charge in [-0.05, 0) is 62.1 Å². The number of pyridine rings is 1. The van der Waals surface area contributed by atoms with Crippen LogP contribution in [0.15, 0.2) is 95.6 Å². The van der Waals surface area contributed by atoms with Gasteiger partial charge in [-0.15, -0.1) is 0 Å². The summed E-state index contributed by atoms with van der Waals surface area (Å²) in [5.41, 5.74) is 3.75. The number of carbonyl (C=O) groups excluding carboxylic acids is 1. The molecule has 2 aromatic carbocycles. The predicted octanol–water partition coefficient (Wildman–Crippen LogP) is 5.99. The van der Waals surface area contributed by atoms with Gasteiger partial charge in [0.1, 0.15) is 18.2 Å². The van der Waals surface area contributed by atoms with E-state index in [0.29, 0.717) is 48.8 Å². The standard InChI is InChI=1S/C30H31FN4O3/c1-20(31)13-14-21(2)33-30(36)26-19-25-27(17-23(18-28(25)35-37)22-9-5-3-6-10-22)34-29(26)32-15-16-38-24-11-7-4-8-12-24/h3-14,19,23,37H,15-18H2,1-2H3,(H,32,34)(H,33,36)/b20-13+,21-14+,35-28+. The van der Waals surface area contributed by atoms with Crippen molar-refractivity contribution in [3.05, 3.63) is 113 Å². The van der Waals surface area contributed by atoms with Crippen molar-refractivity contribution in [3.63, 3.8) is 0 Å². The highest BCUT2D eigenvalue weighted by atomic mass is 19.1. The van der Waals surface area contributed by atoms with Gasteiger partial charge in [0, 0.05) is 17.7 Å². The zero-order valence-electron chi connectivity index (χ0n) is 21.4. The molecule has 3 aromatic rings. The second-order valence-electron chi connectivity index (χ2n) is 9.09. The second-order valence-corrected chi connectivity index (χ2v) is 9.09. The van der Waals surface area contributed by atoms with Crippen molar-refractivity contribution in [2.45, 2.75) is 32.6 Å². The van der Waals surface area contributed by atoms with Gasteiger partial charge in [-0.1, -0.05) is 53.7 Å². The van der Waals surface area contributed by atoms with Gasteiger partial charge >= 0.3 is 0 Å². The highest BCUT2D eigenvalue weighted by Gasteiger charge is 2.29. The van der Waals surface area contributed by atoms with Gasteiger partial charge in [-0.2, -0.15) is 0 Å². The van der Waals surface area contributed by atoms with Gasteiger partial charge in [0.2, 0.25) is 0 Å². The zero-order chi connectivity index (χ0) is 26.9.